The van der Waals surface area contributed by atoms with Crippen LogP contribution in [0.25, 0.3) is 0 Å². The van der Waals surface area contributed by atoms with E-state index in [4.69, 9.17) is 17.3 Å². The van der Waals surface area contributed by atoms with Gasteiger partial charge in [-0.1, -0.05) is 24.1 Å². The van der Waals surface area contributed by atoms with E-state index in [0.717, 1.165) is 25.3 Å². The molecule has 3 rings (SSSR count). The number of benzene rings is 1. The Morgan fingerprint density at radius 2 is 2.08 bits per heavy atom. The predicted octanol–water partition coefficient (Wildman–Crippen LogP) is 4.11. The van der Waals surface area contributed by atoms with E-state index in [0.29, 0.717) is 28.7 Å². The summed E-state index contributed by atoms with van der Waals surface area (Å²) in [6, 6.07) is 5.71. The first-order valence-corrected chi connectivity index (χ1v) is 8.57. The molecule has 2 aromatic rings. The van der Waals surface area contributed by atoms with Crippen molar-refractivity contribution in [3.8, 4) is 0 Å². The van der Waals surface area contributed by atoms with Crippen LogP contribution >= 0.6 is 11.6 Å². The van der Waals surface area contributed by atoms with Gasteiger partial charge in [-0.3, -0.25) is 9.89 Å². The molecule has 0 aliphatic heterocycles. The zero-order chi connectivity index (χ0) is 18.9. The molecule has 1 amide bonds. The molecule has 0 radical (unpaired) electrons. The molecule has 1 aliphatic carbocycles. The van der Waals surface area contributed by atoms with Crippen molar-refractivity contribution in [1.82, 2.24) is 15.1 Å². The topological polar surface area (TPSA) is 75.0 Å². The monoisotopic (exact) mass is 386 g/mol. The minimum absolute atomic E-state index is 0.189. The molecule has 3 N–H and O–H groups in total. The number of amides is 1. The van der Waals surface area contributed by atoms with Gasteiger partial charge < -0.3 is 10.6 Å². The maximum atomic E-state index is 12.8. The Labute approximate surface area is 153 Å². The number of carbonyl (C=O) groups excluding carboxylic acids is 1. The molecule has 9 heteroatoms. The minimum Gasteiger partial charge on any atom is -0.399 e. The Bertz CT molecular complexity index is 802. The van der Waals surface area contributed by atoms with Crippen molar-refractivity contribution in [2.24, 2.45) is 5.92 Å². The van der Waals surface area contributed by atoms with Crippen LogP contribution in [-0.4, -0.2) is 27.5 Å². The summed E-state index contributed by atoms with van der Waals surface area (Å²) in [5.74, 6) is -0.190. The SMILES string of the molecule is Nc1ccc(CN(CC2CCC2)C(=O)c2cc(C(F)(F)F)n[nH]2)c(Cl)c1. The summed E-state index contributed by atoms with van der Waals surface area (Å²) in [5.41, 5.74) is 5.56. The third-order valence-corrected chi connectivity index (χ3v) is 4.88. The number of nitrogens with one attached hydrogen (secondary N) is 1. The van der Waals surface area contributed by atoms with Gasteiger partial charge in [0.25, 0.3) is 5.91 Å². The minimum atomic E-state index is -4.60. The molecule has 1 saturated carbocycles. The van der Waals surface area contributed by atoms with Gasteiger partial charge in [0.05, 0.1) is 0 Å². The third kappa shape index (κ3) is 4.12. The summed E-state index contributed by atoms with van der Waals surface area (Å²) in [5, 5.41) is 5.81. The summed E-state index contributed by atoms with van der Waals surface area (Å²) >= 11 is 6.19. The zero-order valence-electron chi connectivity index (χ0n) is 13.8. The number of halogens is 4. The first kappa shape index (κ1) is 18.6. The predicted molar refractivity (Wildman–Crippen MR) is 91.5 cm³/mol. The normalized spacial score (nSPS) is 14.9. The lowest BCUT2D eigenvalue weighted by atomic mass is 9.85. The second-order valence-corrected chi connectivity index (χ2v) is 6.91. The van der Waals surface area contributed by atoms with E-state index in [-0.39, 0.29) is 12.2 Å². The molecule has 0 saturated heterocycles. The fourth-order valence-corrected chi connectivity index (χ4v) is 3.10. The van der Waals surface area contributed by atoms with Gasteiger partial charge in [0, 0.05) is 29.9 Å². The quantitative estimate of drug-likeness (QED) is 0.759. The number of anilines is 1. The molecule has 1 aliphatic rings. The Morgan fingerprint density at radius 3 is 2.62 bits per heavy atom. The van der Waals surface area contributed by atoms with Gasteiger partial charge in [-0.15, -0.1) is 0 Å². The molecule has 1 aromatic heterocycles. The lowest BCUT2D eigenvalue weighted by molar-refractivity contribution is -0.141. The van der Waals surface area contributed by atoms with E-state index in [1.165, 1.54) is 4.90 Å². The molecule has 0 unspecified atom stereocenters. The molecule has 140 valence electrons. The largest absolute Gasteiger partial charge is 0.435 e. The average molecular weight is 387 g/mol. The lowest BCUT2D eigenvalue weighted by Gasteiger charge is -2.32. The van der Waals surface area contributed by atoms with Crippen molar-refractivity contribution in [3.05, 3.63) is 46.2 Å². The summed E-state index contributed by atoms with van der Waals surface area (Å²) in [7, 11) is 0. The Morgan fingerprint density at radius 1 is 1.35 bits per heavy atom. The van der Waals surface area contributed by atoms with Crippen molar-refractivity contribution in [3.63, 3.8) is 0 Å². The van der Waals surface area contributed by atoms with Crippen molar-refractivity contribution >= 4 is 23.2 Å². The highest BCUT2D eigenvalue weighted by molar-refractivity contribution is 6.31. The standard InChI is InChI=1S/C17H18ClF3N4O/c18-13-6-12(22)5-4-11(13)9-25(8-10-2-1-3-10)16(26)14-7-15(24-23-14)17(19,20)21/h4-7,10H,1-3,8-9,22H2,(H,23,24). The Balaban J connectivity index is 1.82. The molecule has 1 aromatic carbocycles. The number of aromatic amines is 1. The molecule has 0 spiro atoms. The van der Waals surface area contributed by atoms with Gasteiger partial charge >= 0.3 is 6.18 Å². The lowest BCUT2D eigenvalue weighted by Crippen LogP contribution is -2.37. The summed E-state index contributed by atoms with van der Waals surface area (Å²) in [6.07, 6.45) is -1.52. The second kappa shape index (κ2) is 7.19. The second-order valence-electron chi connectivity index (χ2n) is 6.50. The molecular formula is C17H18ClF3N4O. The first-order valence-electron chi connectivity index (χ1n) is 8.20. The van der Waals surface area contributed by atoms with Crippen molar-refractivity contribution in [2.75, 3.05) is 12.3 Å². The number of alkyl halides is 3. The van der Waals surface area contributed by atoms with Gasteiger partial charge in [0.2, 0.25) is 0 Å². The van der Waals surface area contributed by atoms with Gasteiger partial charge in [0.15, 0.2) is 5.69 Å². The van der Waals surface area contributed by atoms with E-state index < -0.39 is 17.8 Å². The van der Waals surface area contributed by atoms with Gasteiger partial charge in [0.1, 0.15) is 5.69 Å². The number of H-pyrrole nitrogens is 1. The number of hydrogen-bond acceptors (Lipinski definition) is 3. The van der Waals surface area contributed by atoms with Crippen LogP contribution < -0.4 is 5.73 Å². The van der Waals surface area contributed by atoms with Crippen LogP contribution in [0.5, 0.6) is 0 Å². The first-order chi connectivity index (χ1) is 12.2. The number of rotatable bonds is 5. The van der Waals surface area contributed by atoms with Crippen LogP contribution in [0.3, 0.4) is 0 Å². The van der Waals surface area contributed by atoms with E-state index >= 15 is 0 Å². The molecule has 1 fully saturated rings. The summed E-state index contributed by atoms with van der Waals surface area (Å²) < 4.78 is 38.2. The maximum Gasteiger partial charge on any atom is 0.435 e. The highest BCUT2D eigenvalue weighted by Gasteiger charge is 2.35. The van der Waals surface area contributed by atoms with E-state index in [9.17, 15) is 18.0 Å². The fraction of sp³-hybridized carbons (Fsp3) is 0.412. The molecule has 0 atom stereocenters. The average Bonchev–Trinajstić information content (AvgIpc) is 3.01. The van der Waals surface area contributed by atoms with Crippen LogP contribution in [-0.2, 0) is 12.7 Å². The van der Waals surface area contributed by atoms with Gasteiger partial charge in [-0.2, -0.15) is 18.3 Å². The summed E-state index contributed by atoms with van der Waals surface area (Å²) in [4.78, 5) is 14.3. The maximum absolute atomic E-state index is 12.8. The molecular weight excluding hydrogens is 369 g/mol. The van der Waals surface area contributed by atoms with Crippen LogP contribution in [0.2, 0.25) is 5.02 Å². The van der Waals surface area contributed by atoms with Crippen LogP contribution in [0, 0.1) is 5.92 Å². The molecule has 5 nitrogen and oxygen atoms in total. The zero-order valence-corrected chi connectivity index (χ0v) is 14.6. The number of carbonyl (C=O) groups is 1. The highest BCUT2D eigenvalue weighted by Crippen LogP contribution is 2.31. The fourth-order valence-electron chi connectivity index (χ4n) is 2.85. The highest BCUT2D eigenvalue weighted by atomic mass is 35.5. The number of aromatic nitrogens is 2. The smallest absolute Gasteiger partial charge is 0.399 e. The number of hydrogen-bond donors (Lipinski definition) is 2. The number of nitrogens with zero attached hydrogens (tertiary/aromatic N) is 2. The molecule has 1 heterocycles. The van der Waals surface area contributed by atoms with E-state index in [1.54, 1.807) is 18.2 Å². The third-order valence-electron chi connectivity index (χ3n) is 4.53. The van der Waals surface area contributed by atoms with Crippen molar-refractivity contribution in [1.29, 1.82) is 0 Å². The van der Waals surface area contributed by atoms with Gasteiger partial charge in [-0.05, 0) is 36.5 Å². The summed E-state index contributed by atoms with van der Waals surface area (Å²) in [6.45, 7) is 0.648. The Hall–Kier alpha value is -2.22. The molecule has 26 heavy (non-hydrogen) atoms. The van der Waals surface area contributed by atoms with Crippen molar-refractivity contribution < 1.29 is 18.0 Å². The Kier molecular flexibility index (Phi) is 5.13. The van der Waals surface area contributed by atoms with Crippen LogP contribution in [0.15, 0.2) is 24.3 Å². The molecule has 0 bridgehead atoms. The number of nitrogens with two attached hydrogens (primary N) is 1. The van der Waals surface area contributed by atoms with E-state index in [1.807, 2.05) is 0 Å². The number of nitrogen functional groups attached to an aromatic ring is 1. The van der Waals surface area contributed by atoms with Crippen LogP contribution in [0.1, 0.15) is 41.0 Å². The van der Waals surface area contributed by atoms with Crippen LogP contribution in [0.4, 0.5) is 18.9 Å². The van der Waals surface area contributed by atoms with E-state index in [2.05, 4.69) is 10.2 Å². The van der Waals surface area contributed by atoms with Crippen molar-refractivity contribution in [2.45, 2.75) is 32.0 Å². The van der Waals surface area contributed by atoms with Gasteiger partial charge in [-0.25, -0.2) is 0 Å².